The number of aliphatic imine (C=N–C) groups is 1. The number of guanidine groups is 1. The van der Waals surface area contributed by atoms with Gasteiger partial charge in [-0.2, -0.15) is 0 Å². The minimum absolute atomic E-state index is 0. The van der Waals surface area contributed by atoms with Gasteiger partial charge >= 0.3 is 0 Å². The van der Waals surface area contributed by atoms with Crippen molar-refractivity contribution in [2.45, 2.75) is 26.2 Å². The second-order valence-corrected chi connectivity index (χ2v) is 4.85. The third kappa shape index (κ3) is 7.55. The number of unbranched alkanes of at least 4 members (excludes halogenated alkanes) is 1. The predicted molar refractivity (Wildman–Crippen MR) is 101 cm³/mol. The summed E-state index contributed by atoms with van der Waals surface area (Å²) in [6.45, 7) is 4.13. The predicted octanol–water partition coefficient (Wildman–Crippen LogP) is 3.16. The van der Waals surface area contributed by atoms with Gasteiger partial charge in [0.05, 0.1) is 7.11 Å². The molecule has 120 valence electrons. The molecule has 0 saturated heterocycles. The van der Waals surface area contributed by atoms with Gasteiger partial charge in [0.1, 0.15) is 5.75 Å². The Morgan fingerprint density at radius 1 is 1.29 bits per heavy atom. The Morgan fingerprint density at radius 2 is 1.95 bits per heavy atom. The lowest BCUT2D eigenvalue weighted by molar-refractivity contribution is 0.414. The van der Waals surface area contributed by atoms with E-state index in [9.17, 15) is 0 Å². The van der Waals surface area contributed by atoms with Crippen LogP contribution < -0.4 is 10.1 Å². The van der Waals surface area contributed by atoms with Crippen molar-refractivity contribution in [3.05, 3.63) is 29.8 Å². The second kappa shape index (κ2) is 11.7. The molecule has 1 aromatic rings. The standard InChI is InChI=1S/C16H27N3O.HI/c1-5-6-13-19(3)16(17-2)18-12-11-14-7-9-15(20-4)10-8-14;/h7-10H,5-6,11-13H2,1-4H3,(H,17,18);1H. The summed E-state index contributed by atoms with van der Waals surface area (Å²) in [7, 11) is 5.60. The lowest BCUT2D eigenvalue weighted by Gasteiger charge is -2.21. The van der Waals surface area contributed by atoms with E-state index in [-0.39, 0.29) is 24.0 Å². The van der Waals surface area contributed by atoms with Crippen molar-refractivity contribution >= 4 is 29.9 Å². The van der Waals surface area contributed by atoms with Crippen molar-refractivity contribution in [1.82, 2.24) is 10.2 Å². The van der Waals surface area contributed by atoms with Gasteiger partial charge in [0.25, 0.3) is 0 Å². The summed E-state index contributed by atoms with van der Waals surface area (Å²) in [6.07, 6.45) is 3.37. The van der Waals surface area contributed by atoms with Crippen LogP contribution in [0.4, 0.5) is 0 Å². The maximum Gasteiger partial charge on any atom is 0.193 e. The number of ether oxygens (including phenoxy) is 1. The second-order valence-electron chi connectivity index (χ2n) is 4.85. The zero-order valence-corrected chi connectivity index (χ0v) is 15.9. The first-order valence-electron chi connectivity index (χ1n) is 7.26. The first-order valence-corrected chi connectivity index (χ1v) is 7.26. The van der Waals surface area contributed by atoms with Gasteiger partial charge in [-0.1, -0.05) is 25.5 Å². The third-order valence-corrected chi connectivity index (χ3v) is 3.28. The number of halogens is 1. The SMILES string of the molecule is CCCCN(C)C(=NC)NCCc1ccc(OC)cc1.I. The molecule has 5 heteroatoms. The van der Waals surface area contributed by atoms with Gasteiger partial charge in [-0.3, -0.25) is 4.99 Å². The molecule has 0 radical (unpaired) electrons. The fourth-order valence-corrected chi connectivity index (χ4v) is 2.00. The molecule has 0 spiro atoms. The molecular weight excluding hydrogens is 377 g/mol. The van der Waals surface area contributed by atoms with Crippen molar-refractivity contribution < 1.29 is 4.74 Å². The molecule has 0 saturated carbocycles. The molecule has 4 nitrogen and oxygen atoms in total. The first kappa shape index (κ1) is 20.0. The molecule has 0 fully saturated rings. The van der Waals surface area contributed by atoms with Crippen LogP contribution >= 0.6 is 24.0 Å². The summed E-state index contributed by atoms with van der Waals surface area (Å²) < 4.78 is 5.16. The molecule has 0 bridgehead atoms. The van der Waals surface area contributed by atoms with Gasteiger partial charge in [0.15, 0.2) is 5.96 Å². The van der Waals surface area contributed by atoms with Crippen LogP contribution in [0.1, 0.15) is 25.3 Å². The van der Waals surface area contributed by atoms with Crippen molar-refractivity contribution in [3.8, 4) is 5.75 Å². The monoisotopic (exact) mass is 405 g/mol. The molecule has 21 heavy (non-hydrogen) atoms. The fourth-order valence-electron chi connectivity index (χ4n) is 2.00. The Kier molecular flexibility index (Phi) is 11.1. The molecule has 0 atom stereocenters. The van der Waals surface area contributed by atoms with E-state index in [1.165, 1.54) is 18.4 Å². The molecule has 0 amide bonds. The van der Waals surface area contributed by atoms with E-state index in [4.69, 9.17) is 4.74 Å². The van der Waals surface area contributed by atoms with E-state index in [0.29, 0.717) is 0 Å². The normalized spacial score (nSPS) is 10.8. The maximum atomic E-state index is 5.16. The number of rotatable bonds is 7. The van der Waals surface area contributed by atoms with Gasteiger partial charge in [-0.15, -0.1) is 24.0 Å². The highest BCUT2D eigenvalue weighted by Crippen LogP contribution is 2.11. The van der Waals surface area contributed by atoms with Gasteiger partial charge in [-0.25, -0.2) is 0 Å². The minimum Gasteiger partial charge on any atom is -0.497 e. The summed E-state index contributed by atoms with van der Waals surface area (Å²) in [5.41, 5.74) is 1.30. The Morgan fingerprint density at radius 3 is 2.48 bits per heavy atom. The maximum absolute atomic E-state index is 5.16. The molecule has 1 N–H and O–H groups in total. The van der Waals surface area contributed by atoms with E-state index in [1.54, 1.807) is 7.11 Å². The topological polar surface area (TPSA) is 36.9 Å². The quantitative estimate of drug-likeness (QED) is 0.430. The number of hydrogen-bond donors (Lipinski definition) is 1. The van der Waals surface area contributed by atoms with Crippen LogP contribution in [0.25, 0.3) is 0 Å². The summed E-state index contributed by atoms with van der Waals surface area (Å²) in [5, 5.41) is 3.40. The van der Waals surface area contributed by atoms with Gasteiger partial charge in [0, 0.05) is 27.2 Å². The molecule has 1 aromatic carbocycles. The van der Waals surface area contributed by atoms with Crippen molar-refractivity contribution in [3.63, 3.8) is 0 Å². The average molecular weight is 405 g/mol. The summed E-state index contributed by atoms with van der Waals surface area (Å²) >= 11 is 0. The molecule has 0 aliphatic heterocycles. The van der Waals surface area contributed by atoms with Crippen LogP contribution in [0, 0.1) is 0 Å². The van der Waals surface area contributed by atoms with Crippen LogP contribution in [0.3, 0.4) is 0 Å². The number of nitrogens with zero attached hydrogens (tertiary/aromatic N) is 2. The molecule has 0 heterocycles. The first-order chi connectivity index (χ1) is 9.71. The Bertz CT molecular complexity index is 406. The number of methoxy groups -OCH3 is 1. The van der Waals surface area contributed by atoms with Crippen LogP contribution in [0.2, 0.25) is 0 Å². The van der Waals surface area contributed by atoms with E-state index in [1.807, 2.05) is 19.2 Å². The zero-order chi connectivity index (χ0) is 14.8. The molecule has 1 rings (SSSR count). The van der Waals surface area contributed by atoms with Crippen molar-refractivity contribution in [2.24, 2.45) is 4.99 Å². The van der Waals surface area contributed by atoms with Gasteiger partial charge in [0.2, 0.25) is 0 Å². The fraction of sp³-hybridized carbons (Fsp3) is 0.562. The van der Waals surface area contributed by atoms with Gasteiger partial charge < -0.3 is 15.0 Å². The van der Waals surface area contributed by atoms with E-state index >= 15 is 0 Å². The van der Waals surface area contributed by atoms with E-state index < -0.39 is 0 Å². The highest BCUT2D eigenvalue weighted by molar-refractivity contribution is 14.0. The van der Waals surface area contributed by atoms with Crippen LogP contribution in [0.5, 0.6) is 5.75 Å². The summed E-state index contributed by atoms with van der Waals surface area (Å²) in [5.74, 6) is 1.86. The Hall–Kier alpha value is -0.980. The Labute approximate surface area is 146 Å². The van der Waals surface area contributed by atoms with Gasteiger partial charge in [-0.05, 0) is 30.5 Å². The van der Waals surface area contributed by atoms with Crippen LogP contribution in [0.15, 0.2) is 29.3 Å². The molecule has 0 unspecified atom stereocenters. The van der Waals surface area contributed by atoms with Crippen LogP contribution in [-0.4, -0.2) is 45.2 Å². The third-order valence-electron chi connectivity index (χ3n) is 3.28. The number of nitrogens with one attached hydrogen (secondary N) is 1. The number of benzene rings is 1. The Balaban J connectivity index is 0.00000400. The molecule has 0 aliphatic rings. The van der Waals surface area contributed by atoms with E-state index in [2.05, 4.69) is 41.3 Å². The largest absolute Gasteiger partial charge is 0.497 e. The molecular formula is C16H28IN3O. The molecule has 0 aliphatic carbocycles. The summed E-state index contributed by atoms with van der Waals surface area (Å²) in [6, 6.07) is 8.20. The molecule has 0 aromatic heterocycles. The van der Waals surface area contributed by atoms with Crippen LogP contribution in [-0.2, 0) is 6.42 Å². The highest BCUT2D eigenvalue weighted by atomic mass is 127. The smallest absolute Gasteiger partial charge is 0.193 e. The zero-order valence-electron chi connectivity index (χ0n) is 13.6. The minimum atomic E-state index is 0. The highest BCUT2D eigenvalue weighted by Gasteiger charge is 2.04. The lowest BCUT2D eigenvalue weighted by Crippen LogP contribution is -2.40. The summed E-state index contributed by atoms with van der Waals surface area (Å²) in [4.78, 5) is 6.49. The van der Waals surface area contributed by atoms with Crippen molar-refractivity contribution in [1.29, 1.82) is 0 Å². The lowest BCUT2D eigenvalue weighted by atomic mass is 10.1. The van der Waals surface area contributed by atoms with E-state index in [0.717, 1.165) is 31.2 Å². The average Bonchev–Trinajstić information content (AvgIpc) is 2.49. The van der Waals surface area contributed by atoms with Crippen molar-refractivity contribution in [2.75, 3.05) is 34.3 Å². The number of hydrogen-bond acceptors (Lipinski definition) is 2.